The molecule has 0 spiro atoms. The molecule has 3 N–H and O–H groups in total. The topological polar surface area (TPSA) is 80.4 Å². The lowest BCUT2D eigenvalue weighted by Gasteiger charge is -2.02. The third-order valence-electron chi connectivity index (χ3n) is 1.64. The minimum absolute atomic E-state index is 0.0171. The van der Waals surface area contributed by atoms with E-state index in [0.29, 0.717) is 5.56 Å². The second-order valence-corrected chi connectivity index (χ2v) is 4.50. The summed E-state index contributed by atoms with van der Waals surface area (Å²) in [5, 5.41) is 13.9. The van der Waals surface area contributed by atoms with Crippen molar-refractivity contribution in [3.8, 4) is 0 Å². The van der Waals surface area contributed by atoms with Crippen LogP contribution in [-0.2, 0) is 16.4 Å². The fourth-order valence-electron chi connectivity index (χ4n) is 1.07. The van der Waals surface area contributed by atoms with Gasteiger partial charge in [0.25, 0.3) is 0 Å². The van der Waals surface area contributed by atoms with Gasteiger partial charge in [0.15, 0.2) is 0 Å². The number of aliphatic hydroxyl groups excluding tert-OH is 1. The van der Waals surface area contributed by atoms with Gasteiger partial charge < -0.3 is 5.11 Å². The molecule has 0 atom stereocenters. The predicted octanol–water partition coefficient (Wildman–Crippen LogP) is 0.948. The minimum atomic E-state index is -3.67. The average Bonchev–Trinajstić information content (AvgIpc) is 2.01. The van der Waals surface area contributed by atoms with Crippen LogP contribution in [0, 0.1) is 0 Å². The van der Waals surface area contributed by atoms with Gasteiger partial charge in [0.2, 0.25) is 10.0 Å². The van der Waals surface area contributed by atoms with E-state index < -0.39 is 10.0 Å². The molecule has 1 aromatic rings. The van der Waals surface area contributed by atoms with Crippen molar-refractivity contribution in [2.24, 2.45) is 5.14 Å². The maximum atomic E-state index is 11.0. The van der Waals surface area contributed by atoms with Crippen molar-refractivity contribution in [2.75, 3.05) is 0 Å². The van der Waals surface area contributed by atoms with Crippen LogP contribution in [0.25, 0.3) is 0 Å². The van der Waals surface area contributed by atoms with Crippen LogP contribution >= 0.6 is 0 Å². The van der Waals surface area contributed by atoms with E-state index in [1.807, 2.05) is 0 Å². The Labute approximate surface area is 82.7 Å². The third-order valence-corrected chi connectivity index (χ3v) is 2.55. The van der Waals surface area contributed by atoms with Crippen LogP contribution in [0.5, 0.6) is 0 Å². The van der Waals surface area contributed by atoms with E-state index in [4.69, 9.17) is 10.2 Å². The van der Waals surface area contributed by atoms with Crippen LogP contribution in [0.3, 0.4) is 0 Å². The van der Waals surface area contributed by atoms with E-state index >= 15 is 0 Å². The van der Waals surface area contributed by atoms with Gasteiger partial charge in [-0.3, -0.25) is 0 Å². The molecule has 0 unspecified atom stereocenters. The summed E-state index contributed by atoms with van der Waals surface area (Å²) in [6, 6.07) is 6.07. The van der Waals surface area contributed by atoms with E-state index in [-0.39, 0.29) is 17.1 Å². The van der Waals surface area contributed by atoms with Crippen molar-refractivity contribution in [1.29, 1.82) is 0 Å². The summed E-state index contributed by atoms with van der Waals surface area (Å²) in [5.41, 5.74) is 0.657. The molecule has 0 radical (unpaired) electrons. The third kappa shape index (κ3) is 2.86. The quantitative estimate of drug-likeness (QED) is 0.733. The summed E-state index contributed by atoms with van der Waals surface area (Å²) in [5.74, 6) is -0.0171. The van der Waals surface area contributed by atoms with Crippen LogP contribution < -0.4 is 5.14 Å². The molecule has 1 rings (SSSR count). The Balaban J connectivity index is 3.08. The van der Waals surface area contributed by atoms with Gasteiger partial charge in [-0.05, 0) is 17.7 Å². The molecule has 76 valence electrons. The first-order valence-corrected chi connectivity index (χ1v) is 5.43. The molecule has 0 fully saturated rings. The zero-order chi connectivity index (χ0) is 10.8. The number of hydrogen-bond acceptors (Lipinski definition) is 3. The summed E-state index contributed by atoms with van der Waals surface area (Å²) < 4.78 is 21.9. The zero-order valence-corrected chi connectivity index (χ0v) is 8.29. The van der Waals surface area contributed by atoms with Crippen molar-refractivity contribution < 1.29 is 13.5 Å². The molecule has 0 aliphatic carbocycles. The highest BCUT2D eigenvalue weighted by atomic mass is 32.2. The molecule has 0 bridgehead atoms. The number of aliphatic hydroxyl groups is 1. The highest BCUT2D eigenvalue weighted by Gasteiger charge is 2.07. The number of allylic oxidation sites excluding steroid dienone is 1. The van der Waals surface area contributed by atoms with E-state index in [9.17, 15) is 8.42 Å². The number of sulfonamides is 1. The molecule has 4 nitrogen and oxygen atoms in total. The molecule has 0 saturated carbocycles. The van der Waals surface area contributed by atoms with Crippen LogP contribution in [0.2, 0.25) is 0 Å². The second-order valence-electron chi connectivity index (χ2n) is 2.94. The molecule has 0 heterocycles. The molecular formula is C9H11NO3S. The van der Waals surface area contributed by atoms with Crippen molar-refractivity contribution >= 4 is 10.0 Å². The Hall–Kier alpha value is -1.33. The lowest BCUT2D eigenvalue weighted by molar-refractivity contribution is 0.401. The number of hydrogen-bond donors (Lipinski definition) is 2. The van der Waals surface area contributed by atoms with Crippen LogP contribution in [0.4, 0.5) is 0 Å². The predicted molar refractivity (Wildman–Crippen MR) is 53.3 cm³/mol. The smallest absolute Gasteiger partial charge is 0.238 e. The van der Waals surface area contributed by atoms with Gasteiger partial charge in [-0.15, -0.1) is 0 Å². The Kier molecular flexibility index (Phi) is 2.93. The standard InChI is InChI=1S/C9H11NO3S/c1-7(11)5-8-3-2-4-9(6-8)14(10,12)13/h2-4,6,11H,1,5H2,(H2,10,12,13). The van der Waals surface area contributed by atoms with Crippen molar-refractivity contribution in [1.82, 2.24) is 0 Å². The summed E-state index contributed by atoms with van der Waals surface area (Å²) >= 11 is 0. The van der Waals surface area contributed by atoms with E-state index in [1.165, 1.54) is 12.1 Å². The van der Waals surface area contributed by atoms with E-state index in [2.05, 4.69) is 6.58 Å². The maximum Gasteiger partial charge on any atom is 0.238 e. The molecule has 5 heteroatoms. The van der Waals surface area contributed by atoms with E-state index in [1.54, 1.807) is 12.1 Å². The molecule has 14 heavy (non-hydrogen) atoms. The first-order valence-electron chi connectivity index (χ1n) is 3.88. The van der Waals surface area contributed by atoms with Crippen molar-refractivity contribution in [3.05, 3.63) is 42.2 Å². The molecule has 1 aromatic carbocycles. The van der Waals surface area contributed by atoms with Gasteiger partial charge in [-0.1, -0.05) is 18.7 Å². The van der Waals surface area contributed by atoms with Gasteiger partial charge >= 0.3 is 0 Å². The van der Waals surface area contributed by atoms with Crippen LogP contribution in [-0.4, -0.2) is 13.5 Å². The highest BCUT2D eigenvalue weighted by Crippen LogP contribution is 2.11. The Morgan fingerprint density at radius 3 is 2.64 bits per heavy atom. The van der Waals surface area contributed by atoms with Crippen LogP contribution in [0.15, 0.2) is 41.5 Å². The highest BCUT2D eigenvalue weighted by molar-refractivity contribution is 7.89. The first-order chi connectivity index (χ1) is 6.39. The normalized spacial score (nSPS) is 11.2. The first kappa shape index (κ1) is 10.7. The number of rotatable bonds is 3. The minimum Gasteiger partial charge on any atom is -0.513 e. The van der Waals surface area contributed by atoms with Crippen molar-refractivity contribution in [2.45, 2.75) is 11.3 Å². The van der Waals surface area contributed by atoms with Gasteiger partial charge in [0.1, 0.15) is 0 Å². The summed E-state index contributed by atoms with van der Waals surface area (Å²) in [7, 11) is -3.67. The average molecular weight is 213 g/mol. The Bertz CT molecular complexity index is 451. The molecular weight excluding hydrogens is 202 g/mol. The Morgan fingerprint density at radius 1 is 1.50 bits per heavy atom. The SMILES string of the molecule is C=C(O)Cc1cccc(S(N)(=O)=O)c1. The lowest BCUT2D eigenvalue weighted by Crippen LogP contribution is -2.12. The second kappa shape index (κ2) is 3.81. The van der Waals surface area contributed by atoms with Crippen molar-refractivity contribution in [3.63, 3.8) is 0 Å². The largest absolute Gasteiger partial charge is 0.513 e. The molecule has 0 saturated heterocycles. The fourth-order valence-corrected chi connectivity index (χ4v) is 1.65. The number of primary sulfonamides is 1. The summed E-state index contributed by atoms with van der Waals surface area (Å²) in [6.07, 6.45) is 0.226. The summed E-state index contributed by atoms with van der Waals surface area (Å²) in [6.45, 7) is 3.32. The van der Waals surface area contributed by atoms with Gasteiger partial charge in [-0.25, -0.2) is 13.6 Å². The zero-order valence-electron chi connectivity index (χ0n) is 7.47. The maximum absolute atomic E-state index is 11.0. The monoisotopic (exact) mass is 213 g/mol. The van der Waals surface area contributed by atoms with Crippen LogP contribution in [0.1, 0.15) is 5.56 Å². The molecule has 0 aromatic heterocycles. The number of nitrogens with two attached hydrogens (primary N) is 1. The summed E-state index contributed by atoms with van der Waals surface area (Å²) in [4.78, 5) is 0.0382. The molecule has 0 aliphatic heterocycles. The van der Waals surface area contributed by atoms with E-state index in [0.717, 1.165) is 0 Å². The van der Waals surface area contributed by atoms with Gasteiger partial charge in [-0.2, -0.15) is 0 Å². The van der Waals surface area contributed by atoms with Gasteiger partial charge in [0, 0.05) is 6.42 Å². The number of benzene rings is 1. The fraction of sp³-hybridized carbons (Fsp3) is 0.111. The lowest BCUT2D eigenvalue weighted by atomic mass is 10.1. The Morgan fingerprint density at radius 2 is 2.14 bits per heavy atom. The molecule has 0 amide bonds. The van der Waals surface area contributed by atoms with Gasteiger partial charge in [0.05, 0.1) is 10.7 Å². The molecule has 0 aliphatic rings.